The van der Waals surface area contributed by atoms with Crippen molar-refractivity contribution in [3.8, 4) is 0 Å². The van der Waals surface area contributed by atoms with Gasteiger partial charge in [0.1, 0.15) is 5.41 Å². The second kappa shape index (κ2) is 6.84. The number of carbonyl (C=O) groups is 3. The lowest BCUT2D eigenvalue weighted by Crippen LogP contribution is -2.40. The maximum absolute atomic E-state index is 12.7. The van der Waals surface area contributed by atoms with Crippen LogP contribution in [0.4, 0.5) is 5.69 Å². The lowest BCUT2D eigenvalue weighted by atomic mass is 9.88. The fourth-order valence-corrected chi connectivity index (χ4v) is 3.56. The Balaban J connectivity index is 1.71. The minimum Gasteiger partial charge on any atom is -0.481 e. The van der Waals surface area contributed by atoms with Crippen LogP contribution in [0.25, 0.3) is 0 Å². The zero-order valence-corrected chi connectivity index (χ0v) is 14.2. The molecule has 1 N–H and O–H groups in total. The zero-order chi connectivity index (χ0) is 18.0. The fraction of sp³-hybridized carbons (Fsp3) is 0.500. The summed E-state index contributed by atoms with van der Waals surface area (Å²) in [5.41, 5.74) is 0.250. The molecule has 7 heteroatoms. The van der Waals surface area contributed by atoms with Gasteiger partial charge in [0, 0.05) is 44.4 Å². The summed E-state index contributed by atoms with van der Waals surface area (Å²) in [5, 5.41) is 9.49. The van der Waals surface area contributed by atoms with Crippen molar-refractivity contribution < 1.29 is 24.2 Å². The van der Waals surface area contributed by atoms with E-state index >= 15 is 0 Å². The van der Waals surface area contributed by atoms with E-state index < -0.39 is 11.4 Å². The highest BCUT2D eigenvalue weighted by atomic mass is 16.5. The second-order valence-corrected chi connectivity index (χ2v) is 6.69. The molecular formula is C18H22N2O5. The minimum absolute atomic E-state index is 0.0854. The van der Waals surface area contributed by atoms with E-state index in [0.717, 1.165) is 12.1 Å². The summed E-state index contributed by atoms with van der Waals surface area (Å²) in [6.45, 7) is 1.32. The normalized spacial score (nSPS) is 23.3. The molecule has 25 heavy (non-hydrogen) atoms. The van der Waals surface area contributed by atoms with Crippen LogP contribution in [0.3, 0.4) is 0 Å². The van der Waals surface area contributed by atoms with Gasteiger partial charge in [-0.1, -0.05) is 0 Å². The molecular weight excluding hydrogens is 324 g/mol. The predicted octanol–water partition coefficient (Wildman–Crippen LogP) is 1.38. The number of hydrogen-bond acceptors (Lipinski definition) is 4. The van der Waals surface area contributed by atoms with Crippen molar-refractivity contribution in [3.63, 3.8) is 0 Å². The van der Waals surface area contributed by atoms with Crippen molar-refractivity contribution in [1.82, 2.24) is 4.90 Å². The van der Waals surface area contributed by atoms with E-state index in [0.29, 0.717) is 31.5 Å². The van der Waals surface area contributed by atoms with Gasteiger partial charge in [0.05, 0.1) is 6.61 Å². The predicted molar refractivity (Wildman–Crippen MR) is 90.5 cm³/mol. The Hall–Kier alpha value is -2.41. The highest BCUT2D eigenvalue weighted by molar-refractivity contribution is 5.98. The average Bonchev–Trinajstić information content (AvgIpc) is 3.22. The van der Waals surface area contributed by atoms with Crippen molar-refractivity contribution in [3.05, 3.63) is 29.8 Å². The molecule has 0 aliphatic carbocycles. The topological polar surface area (TPSA) is 87.2 Å². The number of hydrogen-bond donors (Lipinski definition) is 1. The van der Waals surface area contributed by atoms with Gasteiger partial charge < -0.3 is 19.6 Å². The van der Waals surface area contributed by atoms with Gasteiger partial charge in [-0.05, 0) is 37.1 Å². The SMILES string of the molecule is COCC1(C(=O)O)CCN(C(=O)c2ccc(N3CCCC3=O)cc2)C1. The molecule has 3 rings (SSSR count). The molecule has 134 valence electrons. The van der Waals surface area contributed by atoms with Crippen LogP contribution < -0.4 is 4.90 Å². The summed E-state index contributed by atoms with van der Waals surface area (Å²) < 4.78 is 5.05. The summed E-state index contributed by atoms with van der Waals surface area (Å²) in [7, 11) is 1.47. The number of carboxylic acid groups (broad SMARTS) is 1. The number of carbonyl (C=O) groups excluding carboxylic acids is 2. The molecule has 2 fully saturated rings. The molecule has 1 aromatic rings. The quantitative estimate of drug-likeness (QED) is 0.870. The van der Waals surface area contributed by atoms with Gasteiger partial charge in [0.2, 0.25) is 5.91 Å². The number of methoxy groups -OCH3 is 1. The van der Waals surface area contributed by atoms with Gasteiger partial charge in [-0.2, -0.15) is 0 Å². The molecule has 1 unspecified atom stereocenters. The van der Waals surface area contributed by atoms with Crippen molar-refractivity contribution in [2.75, 3.05) is 38.3 Å². The first-order valence-electron chi connectivity index (χ1n) is 8.39. The molecule has 2 saturated heterocycles. The lowest BCUT2D eigenvalue weighted by Gasteiger charge is -2.24. The Morgan fingerprint density at radius 2 is 1.96 bits per heavy atom. The van der Waals surface area contributed by atoms with Crippen LogP contribution >= 0.6 is 0 Å². The Kier molecular flexibility index (Phi) is 4.76. The van der Waals surface area contributed by atoms with Gasteiger partial charge in [-0.3, -0.25) is 14.4 Å². The number of likely N-dealkylation sites (tertiary alicyclic amines) is 1. The molecule has 0 aromatic heterocycles. The number of amides is 2. The molecule has 1 atom stereocenters. The number of nitrogens with zero attached hydrogens (tertiary/aromatic N) is 2. The summed E-state index contributed by atoms with van der Waals surface area (Å²) in [6.07, 6.45) is 1.79. The Bertz CT molecular complexity index is 687. The third-order valence-corrected chi connectivity index (χ3v) is 5.01. The monoisotopic (exact) mass is 346 g/mol. The molecule has 2 aliphatic heterocycles. The van der Waals surface area contributed by atoms with Crippen LogP contribution in [0.15, 0.2) is 24.3 Å². The molecule has 2 aliphatic rings. The Labute approximate surface area is 146 Å². The van der Waals surface area contributed by atoms with E-state index in [-0.39, 0.29) is 25.0 Å². The number of anilines is 1. The van der Waals surface area contributed by atoms with Gasteiger partial charge in [0.25, 0.3) is 5.91 Å². The Morgan fingerprint density at radius 1 is 1.24 bits per heavy atom. The van der Waals surface area contributed by atoms with Crippen LogP contribution in [0, 0.1) is 5.41 Å². The van der Waals surface area contributed by atoms with Gasteiger partial charge in [-0.15, -0.1) is 0 Å². The first-order chi connectivity index (χ1) is 12.0. The van der Waals surface area contributed by atoms with E-state index in [2.05, 4.69) is 0 Å². The third kappa shape index (κ3) is 3.24. The van der Waals surface area contributed by atoms with Crippen molar-refractivity contribution in [2.24, 2.45) is 5.41 Å². The number of carboxylic acids is 1. The van der Waals surface area contributed by atoms with E-state index in [1.54, 1.807) is 34.1 Å². The molecule has 1 aromatic carbocycles. The van der Waals surface area contributed by atoms with E-state index in [4.69, 9.17) is 4.74 Å². The van der Waals surface area contributed by atoms with Crippen LogP contribution in [-0.2, 0) is 14.3 Å². The van der Waals surface area contributed by atoms with Crippen molar-refractivity contribution >= 4 is 23.5 Å². The van der Waals surface area contributed by atoms with Crippen LogP contribution in [0.2, 0.25) is 0 Å². The van der Waals surface area contributed by atoms with Crippen molar-refractivity contribution in [1.29, 1.82) is 0 Å². The third-order valence-electron chi connectivity index (χ3n) is 5.01. The first kappa shape index (κ1) is 17.4. The highest BCUT2D eigenvalue weighted by Crippen LogP contribution is 2.32. The average molecular weight is 346 g/mol. The minimum atomic E-state index is -1.04. The summed E-state index contributed by atoms with van der Waals surface area (Å²) >= 11 is 0. The van der Waals surface area contributed by atoms with E-state index in [1.807, 2.05) is 0 Å². The second-order valence-electron chi connectivity index (χ2n) is 6.69. The van der Waals surface area contributed by atoms with Crippen LogP contribution in [-0.4, -0.2) is 61.1 Å². The van der Waals surface area contributed by atoms with Crippen molar-refractivity contribution in [2.45, 2.75) is 19.3 Å². The lowest BCUT2D eigenvalue weighted by molar-refractivity contribution is -0.151. The molecule has 0 saturated carbocycles. The number of rotatable bonds is 5. The van der Waals surface area contributed by atoms with Gasteiger partial charge in [-0.25, -0.2) is 0 Å². The Morgan fingerprint density at radius 3 is 2.52 bits per heavy atom. The number of aliphatic carboxylic acids is 1. The number of ether oxygens (including phenoxy) is 1. The van der Waals surface area contributed by atoms with Gasteiger partial charge >= 0.3 is 5.97 Å². The van der Waals surface area contributed by atoms with Crippen LogP contribution in [0.1, 0.15) is 29.6 Å². The van der Waals surface area contributed by atoms with E-state index in [9.17, 15) is 19.5 Å². The molecule has 7 nitrogen and oxygen atoms in total. The standard InChI is InChI=1S/C18H22N2O5/c1-25-12-18(17(23)24)8-10-19(11-18)16(22)13-4-6-14(7-5-13)20-9-2-3-15(20)21/h4-7H,2-3,8-12H2,1H3,(H,23,24). The fourth-order valence-electron chi connectivity index (χ4n) is 3.56. The largest absolute Gasteiger partial charge is 0.481 e. The highest BCUT2D eigenvalue weighted by Gasteiger charge is 2.46. The van der Waals surface area contributed by atoms with E-state index in [1.165, 1.54) is 7.11 Å². The summed E-state index contributed by atoms with van der Waals surface area (Å²) in [4.78, 5) is 39.3. The number of benzene rings is 1. The molecule has 0 radical (unpaired) electrons. The maximum Gasteiger partial charge on any atom is 0.313 e. The zero-order valence-electron chi connectivity index (χ0n) is 14.2. The maximum atomic E-state index is 12.7. The van der Waals surface area contributed by atoms with Crippen LogP contribution in [0.5, 0.6) is 0 Å². The molecule has 0 spiro atoms. The van der Waals surface area contributed by atoms with Gasteiger partial charge in [0.15, 0.2) is 0 Å². The smallest absolute Gasteiger partial charge is 0.313 e. The summed E-state index contributed by atoms with van der Waals surface area (Å²) in [5.74, 6) is -1.03. The first-order valence-corrected chi connectivity index (χ1v) is 8.39. The molecule has 2 amide bonds. The summed E-state index contributed by atoms with van der Waals surface area (Å²) in [6, 6.07) is 6.93. The molecule has 2 heterocycles. The molecule has 0 bridgehead atoms.